The molecule has 3 fully saturated rings. The number of carbonyl (C=O) groups is 2. The molecular formula is C25H34N4O4S. The predicted molar refractivity (Wildman–Crippen MR) is 132 cm³/mol. The molecule has 1 saturated carbocycles. The highest BCUT2D eigenvalue weighted by Gasteiger charge is 2.31. The minimum Gasteiger partial charge on any atom is -0.342 e. The number of fused-ring (bicyclic) bond motifs is 1. The summed E-state index contributed by atoms with van der Waals surface area (Å²) < 4.78 is 3.36. The van der Waals surface area contributed by atoms with Gasteiger partial charge < -0.3 is 9.80 Å². The molecule has 0 bridgehead atoms. The lowest BCUT2D eigenvalue weighted by Gasteiger charge is -2.34. The van der Waals surface area contributed by atoms with Gasteiger partial charge in [0, 0.05) is 38.6 Å². The van der Waals surface area contributed by atoms with Gasteiger partial charge >= 0.3 is 5.69 Å². The SMILES string of the molecule is O=C(Cn1c(=O)n(CC2CCC(C(=O)N3CCCCC3)CC2)c(=O)c2sccc21)N1CCCC1. The topological polar surface area (TPSA) is 84.6 Å². The molecule has 0 radical (unpaired) electrons. The van der Waals surface area contributed by atoms with Crippen LogP contribution in [0.4, 0.5) is 0 Å². The number of hydrogen-bond donors (Lipinski definition) is 0. The number of piperidine rings is 1. The molecule has 1 aliphatic carbocycles. The number of likely N-dealkylation sites (tertiary alicyclic amines) is 2. The minimum atomic E-state index is -0.394. The van der Waals surface area contributed by atoms with Crippen molar-refractivity contribution in [2.45, 2.75) is 70.9 Å². The van der Waals surface area contributed by atoms with E-state index >= 15 is 0 Å². The molecule has 0 N–H and O–H groups in total. The third kappa shape index (κ3) is 4.59. The van der Waals surface area contributed by atoms with E-state index in [9.17, 15) is 19.2 Å². The van der Waals surface area contributed by atoms with Gasteiger partial charge in [0.2, 0.25) is 11.8 Å². The van der Waals surface area contributed by atoms with Crippen molar-refractivity contribution in [1.29, 1.82) is 0 Å². The van der Waals surface area contributed by atoms with Gasteiger partial charge in [-0.25, -0.2) is 4.79 Å². The number of aromatic nitrogens is 2. The Morgan fingerprint density at radius 3 is 2.21 bits per heavy atom. The Kier molecular flexibility index (Phi) is 6.90. The van der Waals surface area contributed by atoms with E-state index in [0.717, 1.165) is 77.5 Å². The summed E-state index contributed by atoms with van der Waals surface area (Å²) in [5.74, 6) is 0.490. The van der Waals surface area contributed by atoms with Crippen LogP contribution < -0.4 is 11.2 Å². The van der Waals surface area contributed by atoms with Crippen LogP contribution in [0.1, 0.15) is 57.8 Å². The number of nitrogens with zero attached hydrogens (tertiary/aromatic N) is 4. The molecule has 2 aromatic heterocycles. The Labute approximate surface area is 203 Å². The van der Waals surface area contributed by atoms with Crippen LogP contribution in [0.3, 0.4) is 0 Å². The molecule has 2 amide bonds. The smallest absolute Gasteiger partial charge is 0.332 e. The summed E-state index contributed by atoms with van der Waals surface area (Å²) in [6.45, 7) is 3.56. The van der Waals surface area contributed by atoms with Gasteiger partial charge in [0.25, 0.3) is 5.56 Å². The van der Waals surface area contributed by atoms with Crippen molar-refractivity contribution in [3.05, 3.63) is 32.3 Å². The second-order valence-corrected chi connectivity index (χ2v) is 11.0. The third-order valence-corrected chi connectivity index (χ3v) is 8.78. The average Bonchev–Trinajstić information content (AvgIpc) is 3.58. The van der Waals surface area contributed by atoms with Crippen LogP contribution in [0.2, 0.25) is 0 Å². The summed E-state index contributed by atoms with van der Waals surface area (Å²) >= 11 is 1.32. The first-order valence-corrected chi connectivity index (χ1v) is 13.7. The molecule has 4 heterocycles. The van der Waals surface area contributed by atoms with Gasteiger partial charge in [-0.3, -0.25) is 23.5 Å². The van der Waals surface area contributed by atoms with Crippen LogP contribution in [-0.2, 0) is 22.7 Å². The molecule has 0 unspecified atom stereocenters. The fraction of sp³-hybridized carbons (Fsp3) is 0.680. The molecule has 0 spiro atoms. The van der Waals surface area contributed by atoms with Gasteiger partial charge in [0.15, 0.2) is 0 Å². The summed E-state index contributed by atoms with van der Waals surface area (Å²) in [5, 5.41) is 1.81. The Bertz CT molecular complexity index is 1160. The highest BCUT2D eigenvalue weighted by atomic mass is 32.1. The largest absolute Gasteiger partial charge is 0.342 e. The number of amides is 2. The highest BCUT2D eigenvalue weighted by Crippen LogP contribution is 2.31. The van der Waals surface area contributed by atoms with E-state index in [-0.39, 0.29) is 35.8 Å². The summed E-state index contributed by atoms with van der Waals surface area (Å²) in [4.78, 5) is 56.1. The Morgan fingerprint density at radius 1 is 0.853 bits per heavy atom. The van der Waals surface area contributed by atoms with Crippen molar-refractivity contribution in [2.75, 3.05) is 26.2 Å². The molecule has 0 aromatic carbocycles. The summed E-state index contributed by atoms with van der Waals surface area (Å²) in [6.07, 6.45) is 8.71. The Morgan fingerprint density at radius 2 is 1.50 bits per heavy atom. The molecule has 5 rings (SSSR count). The molecule has 3 aliphatic rings. The van der Waals surface area contributed by atoms with Crippen LogP contribution >= 0.6 is 11.3 Å². The van der Waals surface area contributed by atoms with Crippen LogP contribution in [0.5, 0.6) is 0 Å². The van der Waals surface area contributed by atoms with E-state index in [4.69, 9.17) is 0 Å². The zero-order valence-corrected chi connectivity index (χ0v) is 20.6. The van der Waals surface area contributed by atoms with Gasteiger partial charge in [0.05, 0.1) is 5.52 Å². The molecule has 8 nitrogen and oxygen atoms in total. The summed E-state index contributed by atoms with van der Waals surface area (Å²) in [6, 6.07) is 1.77. The Balaban J connectivity index is 1.31. The molecule has 184 valence electrons. The molecule has 2 aromatic rings. The highest BCUT2D eigenvalue weighted by molar-refractivity contribution is 7.17. The molecule has 2 saturated heterocycles. The van der Waals surface area contributed by atoms with Crippen molar-refractivity contribution >= 4 is 33.4 Å². The van der Waals surface area contributed by atoms with E-state index in [1.807, 2.05) is 10.3 Å². The maximum absolute atomic E-state index is 13.4. The molecule has 34 heavy (non-hydrogen) atoms. The molecular weight excluding hydrogens is 452 g/mol. The molecule has 0 atom stereocenters. The lowest BCUT2D eigenvalue weighted by atomic mass is 9.81. The maximum Gasteiger partial charge on any atom is 0.332 e. The van der Waals surface area contributed by atoms with E-state index in [0.29, 0.717) is 16.8 Å². The number of thiophene rings is 1. The standard InChI is InChI=1S/C25H34N4O4S/c30-21(26-11-4-5-12-26)17-28-20-10-15-34-22(20)24(32)29(25(28)33)16-18-6-8-19(9-7-18)23(31)27-13-2-1-3-14-27/h10,15,18-19H,1-9,11-14,16-17H2. The van der Waals surface area contributed by atoms with Gasteiger partial charge in [-0.2, -0.15) is 0 Å². The van der Waals surface area contributed by atoms with Crippen LogP contribution in [0.25, 0.3) is 10.2 Å². The molecule has 2 aliphatic heterocycles. The monoisotopic (exact) mass is 486 g/mol. The van der Waals surface area contributed by atoms with Crippen molar-refractivity contribution in [1.82, 2.24) is 18.9 Å². The van der Waals surface area contributed by atoms with Gasteiger partial charge in [-0.15, -0.1) is 11.3 Å². The third-order valence-electron chi connectivity index (χ3n) is 7.89. The number of hydrogen-bond acceptors (Lipinski definition) is 5. The Hall–Kier alpha value is -2.42. The van der Waals surface area contributed by atoms with E-state index in [1.165, 1.54) is 26.9 Å². The lowest BCUT2D eigenvalue weighted by molar-refractivity contribution is -0.137. The van der Waals surface area contributed by atoms with Gasteiger partial charge in [-0.05, 0) is 75.2 Å². The fourth-order valence-electron chi connectivity index (χ4n) is 5.87. The van der Waals surface area contributed by atoms with E-state index < -0.39 is 5.69 Å². The second-order valence-electron chi connectivity index (χ2n) is 10.1. The summed E-state index contributed by atoms with van der Waals surface area (Å²) in [5.41, 5.74) is -0.0963. The maximum atomic E-state index is 13.4. The fourth-order valence-corrected chi connectivity index (χ4v) is 6.71. The number of carbonyl (C=O) groups excluding carboxylic acids is 2. The summed E-state index contributed by atoms with van der Waals surface area (Å²) in [7, 11) is 0. The van der Waals surface area contributed by atoms with Crippen molar-refractivity contribution in [3.63, 3.8) is 0 Å². The van der Waals surface area contributed by atoms with Crippen molar-refractivity contribution in [3.8, 4) is 0 Å². The van der Waals surface area contributed by atoms with Crippen molar-refractivity contribution in [2.24, 2.45) is 11.8 Å². The van der Waals surface area contributed by atoms with E-state index in [1.54, 1.807) is 11.0 Å². The zero-order valence-electron chi connectivity index (χ0n) is 19.7. The quantitative estimate of drug-likeness (QED) is 0.650. The average molecular weight is 487 g/mol. The lowest BCUT2D eigenvalue weighted by Crippen LogP contribution is -2.44. The first-order chi connectivity index (χ1) is 16.5. The first-order valence-electron chi connectivity index (χ1n) is 12.8. The second kappa shape index (κ2) is 10.1. The van der Waals surface area contributed by atoms with Gasteiger partial charge in [0.1, 0.15) is 11.2 Å². The van der Waals surface area contributed by atoms with Crippen LogP contribution in [0, 0.1) is 11.8 Å². The molecule has 9 heteroatoms. The van der Waals surface area contributed by atoms with Crippen LogP contribution in [0.15, 0.2) is 21.0 Å². The predicted octanol–water partition coefficient (Wildman–Crippen LogP) is 2.67. The number of rotatable bonds is 5. The first kappa shape index (κ1) is 23.3. The van der Waals surface area contributed by atoms with E-state index in [2.05, 4.69) is 0 Å². The normalized spacial score (nSPS) is 23.5. The van der Waals surface area contributed by atoms with Crippen LogP contribution in [-0.4, -0.2) is 56.9 Å². The van der Waals surface area contributed by atoms with Crippen molar-refractivity contribution < 1.29 is 9.59 Å². The zero-order chi connectivity index (χ0) is 23.7. The minimum absolute atomic E-state index is 0.0244. The van der Waals surface area contributed by atoms with Gasteiger partial charge in [-0.1, -0.05) is 0 Å².